The number of hydrogen-bond acceptors (Lipinski definition) is 5. The van der Waals surface area contributed by atoms with Crippen molar-refractivity contribution in [2.45, 2.75) is 13.2 Å². The number of H-pyrrole nitrogens is 1. The zero-order valence-electron chi connectivity index (χ0n) is 14.8. The van der Waals surface area contributed by atoms with Crippen LogP contribution in [0, 0.1) is 6.92 Å². The third-order valence-electron chi connectivity index (χ3n) is 4.43. The lowest BCUT2D eigenvalue weighted by Crippen LogP contribution is -1.95. The van der Waals surface area contributed by atoms with Crippen LogP contribution in [0.3, 0.4) is 0 Å². The first-order valence-corrected chi connectivity index (χ1v) is 8.92. The Kier molecular flexibility index (Phi) is 4.68. The van der Waals surface area contributed by atoms with Crippen molar-refractivity contribution in [1.29, 1.82) is 0 Å². The molecule has 28 heavy (non-hydrogen) atoms. The zero-order valence-corrected chi connectivity index (χ0v) is 15.6. The summed E-state index contributed by atoms with van der Waals surface area (Å²) in [7, 11) is 0. The summed E-state index contributed by atoms with van der Waals surface area (Å²) in [4.78, 5) is 7.83. The van der Waals surface area contributed by atoms with Crippen LogP contribution in [0.15, 0.2) is 59.0 Å². The molecule has 142 valence electrons. The number of nitrogens with zero attached hydrogens (tertiary/aromatic N) is 1. The number of furan rings is 1. The fourth-order valence-electron chi connectivity index (χ4n) is 2.99. The van der Waals surface area contributed by atoms with Crippen molar-refractivity contribution in [2.75, 3.05) is 0 Å². The van der Waals surface area contributed by atoms with Gasteiger partial charge in [-0.2, -0.15) is 0 Å². The van der Waals surface area contributed by atoms with Gasteiger partial charge in [0, 0.05) is 27.4 Å². The average molecular weight is 397 g/mol. The number of nitrogens with one attached hydrogen (secondary N) is 1. The Hall–Kier alpha value is -3.06. The van der Waals surface area contributed by atoms with Gasteiger partial charge < -0.3 is 24.7 Å². The highest BCUT2D eigenvalue weighted by Crippen LogP contribution is 2.33. The largest absolute Gasteiger partial charge is 0.508 e. The van der Waals surface area contributed by atoms with Crippen LogP contribution < -0.4 is 0 Å². The van der Waals surface area contributed by atoms with Crippen LogP contribution in [0.25, 0.3) is 34.2 Å². The van der Waals surface area contributed by atoms with Gasteiger partial charge in [0.1, 0.15) is 11.5 Å². The smallest absolute Gasteiger partial charge is 0.179 e. The van der Waals surface area contributed by atoms with Gasteiger partial charge in [0.15, 0.2) is 17.9 Å². The van der Waals surface area contributed by atoms with Crippen LogP contribution in [0.1, 0.15) is 17.5 Å². The van der Waals surface area contributed by atoms with E-state index in [2.05, 4.69) is 9.97 Å². The van der Waals surface area contributed by atoms with E-state index in [1.165, 1.54) is 0 Å². The Balaban J connectivity index is 1.66. The molecule has 4 N–H and O–H groups in total. The third-order valence-corrected chi connectivity index (χ3v) is 4.76. The number of aliphatic hydroxyl groups is 2. The molecule has 0 bridgehead atoms. The number of aromatic hydroxyl groups is 1. The molecule has 7 heteroatoms. The van der Waals surface area contributed by atoms with Crippen LogP contribution in [0.2, 0.25) is 5.02 Å². The molecule has 4 rings (SSSR count). The van der Waals surface area contributed by atoms with Crippen LogP contribution in [-0.2, 0) is 0 Å². The molecule has 0 saturated carbocycles. The molecular weight excluding hydrogens is 380 g/mol. The van der Waals surface area contributed by atoms with Gasteiger partial charge in [-0.15, -0.1) is 0 Å². The van der Waals surface area contributed by atoms with Gasteiger partial charge in [-0.25, -0.2) is 4.98 Å². The highest BCUT2D eigenvalue weighted by molar-refractivity contribution is 6.31. The van der Waals surface area contributed by atoms with E-state index in [1.54, 1.807) is 54.6 Å². The minimum Gasteiger partial charge on any atom is -0.508 e. The first-order chi connectivity index (χ1) is 13.4. The second kappa shape index (κ2) is 7.16. The predicted molar refractivity (Wildman–Crippen MR) is 106 cm³/mol. The Bertz CT molecular complexity index is 1130. The fraction of sp³-hybridized carbons (Fsp3) is 0.0952. The summed E-state index contributed by atoms with van der Waals surface area (Å²) in [5, 5.41) is 28.3. The summed E-state index contributed by atoms with van der Waals surface area (Å²) in [6.07, 6.45) is -1.63. The summed E-state index contributed by atoms with van der Waals surface area (Å²) < 4.78 is 5.92. The number of hydrogen-bond donors (Lipinski definition) is 4. The van der Waals surface area contributed by atoms with E-state index < -0.39 is 6.29 Å². The lowest BCUT2D eigenvalue weighted by Gasteiger charge is -2.07. The van der Waals surface area contributed by atoms with Gasteiger partial charge in [0.2, 0.25) is 0 Å². The maximum Gasteiger partial charge on any atom is 0.179 e. The molecule has 6 nitrogen and oxygen atoms in total. The third kappa shape index (κ3) is 3.41. The number of aromatic amines is 1. The first-order valence-electron chi connectivity index (χ1n) is 8.54. The van der Waals surface area contributed by atoms with Gasteiger partial charge >= 0.3 is 0 Å². The topological polar surface area (TPSA) is 103 Å². The Morgan fingerprint density at radius 1 is 0.964 bits per heavy atom. The minimum absolute atomic E-state index is 0.200. The average Bonchev–Trinajstić information content (AvgIpc) is 3.29. The second-order valence-electron chi connectivity index (χ2n) is 6.38. The van der Waals surface area contributed by atoms with Crippen molar-refractivity contribution >= 4 is 11.6 Å². The molecule has 0 atom stereocenters. The molecule has 4 aromatic rings. The van der Waals surface area contributed by atoms with Crippen molar-refractivity contribution < 1.29 is 19.7 Å². The number of aromatic nitrogens is 2. The van der Waals surface area contributed by atoms with Gasteiger partial charge in [0.25, 0.3) is 0 Å². The fourth-order valence-corrected chi connectivity index (χ4v) is 3.27. The van der Waals surface area contributed by atoms with Crippen molar-refractivity contribution in [3.63, 3.8) is 0 Å². The summed E-state index contributed by atoms with van der Waals surface area (Å²) in [5.74, 6) is 1.92. The predicted octanol–water partition coefficient (Wildman–Crippen LogP) is 4.65. The van der Waals surface area contributed by atoms with E-state index in [1.807, 2.05) is 6.92 Å². The first kappa shape index (κ1) is 18.3. The van der Waals surface area contributed by atoms with Crippen molar-refractivity contribution in [3.8, 4) is 39.9 Å². The molecule has 0 unspecified atom stereocenters. The van der Waals surface area contributed by atoms with Gasteiger partial charge in [0.05, 0.1) is 5.69 Å². The summed E-state index contributed by atoms with van der Waals surface area (Å²) in [6, 6.07) is 15.3. The monoisotopic (exact) mass is 396 g/mol. The van der Waals surface area contributed by atoms with E-state index >= 15 is 0 Å². The maximum absolute atomic E-state index is 9.45. The normalized spacial score (nSPS) is 11.3. The van der Waals surface area contributed by atoms with Crippen LogP contribution in [0.4, 0.5) is 0 Å². The number of benzene rings is 2. The van der Waals surface area contributed by atoms with Gasteiger partial charge in [-0.3, -0.25) is 0 Å². The van der Waals surface area contributed by atoms with E-state index in [0.29, 0.717) is 22.9 Å². The van der Waals surface area contributed by atoms with E-state index in [9.17, 15) is 15.3 Å². The number of imidazole rings is 1. The van der Waals surface area contributed by atoms with Crippen molar-refractivity contribution in [1.82, 2.24) is 9.97 Å². The molecule has 2 aromatic carbocycles. The molecule has 2 heterocycles. The number of rotatable bonds is 4. The number of phenols is 1. The lowest BCUT2D eigenvalue weighted by atomic mass is 10.1. The molecule has 0 aliphatic carbocycles. The van der Waals surface area contributed by atoms with Gasteiger partial charge in [-0.05, 0) is 49.4 Å². The molecule has 0 aliphatic heterocycles. The van der Waals surface area contributed by atoms with Crippen molar-refractivity contribution in [2.24, 2.45) is 0 Å². The van der Waals surface area contributed by atoms with Gasteiger partial charge in [-0.1, -0.05) is 23.7 Å². The Labute approximate surface area is 165 Å². The molecule has 0 saturated heterocycles. The van der Waals surface area contributed by atoms with Crippen LogP contribution in [-0.4, -0.2) is 25.3 Å². The summed E-state index contributed by atoms with van der Waals surface area (Å²) in [5.41, 5.74) is 3.48. The molecule has 0 aliphatic rings. The van der Waals surface area contributed by atoms with E-state index in [0.717, 1.165) is 17.0 Å². The highest BCUT2D eigenvalue weighted by Gasteiger charge is 2.15. The van der Waals surface area contributed by atoms with E-state index in [-0.39, 0.29) is 16.3 Å². The van der Waals surface area contributed by atoms with E-state index in [4.69, 9.17) is 16.0 Å². The SMILES string of the molecule is Cc1[nH]c(-c2ccc(-c3ccc(C(O)O)c(Cl)c3)o2)nc1-c1ccc(O)cc1. The number of phenolic OH excluding ortho intramolecular Hbond substituents is 1. The zero-order chi connectivity index (χ0) is 19.8. The minimum atomic E-state index is -1.63. The summed E-state index contributed by atoms with van der Waals surface area (Å²) in [6.45, 7) is 1.92. The molecular formula is C21H17ClN2O4. The standard InChI is InChI=1S/C21H17ClN2O4/c1-11-19(12-2-5-14(25)6-3-12)24-20(23-11)18-9-8-17(28-18)13-4-7-15(21(26)27)16(22)10-13/h2-10,21,25-27H,1H3,(H,23,24). The van der Waals surface area contributed by atoms with Crippen LogP contribution >= 0.6 is 11.6 Å². The number of halogens is 1. The Morgan fingerprint density at radius 2 is 1.64 bits per heavy atom. The molecule has 0 fully saturated rings. The molecule has 0 spiro atoms. The van der Waals surface area contributed by atoms with Crippen LogP contribution in [0.5, 0.6) is 5.75 Å². The number of aryl methyl sites for hydroxylation is 1. The molecule has 0 amide bonds. The number of aliphatic hydroxyl groups excluding tert-OH is 1. The summed E-state index contributed by atoms with van der Waals surface area (Å²) >= 11 is 6.10. The molecule has 0 radical (unpaired) electrons. The maximum atomic E-state index is 9.45. The molecule has 2 aromatic heterocycles. The quantitative estimate of drug-likeness (QED) is 0.376. The highest BCUT2D eigenvalue weighted by atomic mass is 35.5. The second-order valence-corrected chi connectivity index (χ2v) is 6.79. The Morgan fingerprint density at radius 3 is 2.32 bits per heavy atom. The van der Waals surface area contributed by atoms with Crippen molar-refractivity contribution in [3.05, 3.63) is 70.9 Å². The lowest BCUT2D eigenvalue weighted by molar-refractivity contribution is -0.0423.